The molecule has 0 heterocycles. The molecule has 0 aromatic heterocycles. The van der Waals surface area contributed by atoms with E-state index < -0.39 is 18.0 Å². The minimum absolute atomic E-state index is 0.295. The van der Waals surface area contributed by atoms with Crippen molar-refractivity contribution in [2.24, 2.45) is 5.10 Å². The van der Waals surface area contributed by atoms with E-state index in [0.29, 0.717) is 32.7 Å². The van der Waals surface area contributed by atoms with Gasteiger partial charge >= 0.3 is 5.97 Å². The van der Waals surface area contributed by atoms with Crippen LogP contribution in [-0.2, 0) is 4.79 Å². The first-order valence-corrected chi connectivity index (χ1v) is 10.00. The maximum absolute atomic E-state index is 12.3. The third-order valence-electron chi connectivity index (χ3n) is 4.06. The molecule has 6 nitrogen and oxygen atoms in total. The van der Waals surface area contributed by atoms with Gasteiger partial charge in [0, 0.05) is 15.6 Å². The average molecular weight is 457 g/mol. The van der Waals surface area contributed by atoms with Crippen LogP contribution in [0.4, 0.5) is 0 Å². The van der Waals surface area contributed by atoms with E-state index in [9.17, 15) is 9.59 Å². The van der Waals surface area contributed by atoms with Crippen molar-refractivity contribution in [3.63, 3.8) is 0 Å². The van der Waals surface area contributed by atoms with Crippen molar-refractivity contribution in [3.8, 4) is 11.5 Å². The Labute approximate surface area is 189 Å². The third kappa shape index (κ3) is 6.57. The van der Waals surface area contributed by atoms with Crippen LogP contribution >= 0.6 is 23.2 Å². The lowest BCUT2D eigenvalue weighted by Crippen LogP contribution is -2.33. The number of carbonyl (C=O) groups is 2. The predicted molar refractivity (Wildman–Crippen MR) is 120 cm³/mol. The molecular formula is C23H18Cl2N2O4. The van der Waals surface area contributed by atoms with E-state index in [1.807, 2.05) is 0 Å². The first kappa shape index (κ1) is 22.3. The minimum atomic E-state index is -0.798. The molecule has 1 atom stereocenters. The fourth-order valence-corrected chi connectivity index (χ4v) is 2.79. The molecule has 3 rings (SSSR count). The molecular weight excluding hydrogens is 439 g/mol. The van der Waals surface area contributed by atoms with Gasteiger partial charge in [-0.25, -0.2) is 10.2 Å². The first-order valence-electron chi connectivity index (χ1n) is 9.24. The molecule has 0 aliphatic carbocycles. The Morgan fingerprint density at radius 3 is 2.45 bits per heavy atom. The minimum Gasteiger partial charge on any atom is -0.481 e. The zero-order chi connectivity index (χ0) is 22.2. The van der Waals surface area contributed by atoms with Gasteiger partial charge in [0.25, 0.3) is 5.91 Å². The van der Waals surface area contributed by atoms with Crippen LogP contribution in [0, 0.1) is 0 Å². The number of carbonyl (C=O) groups excluding carboxylic acids is 2. The molecule has 1 N–H and O–H groups in total. The molecule has 0 spiro atoms. The molecule has 0 saturated heterocycles. The highest BCUT2D eigenvalue weighted by Gasteiger charge is 2.14. The van der Waals surface area contributed by atoms with Gasteiger partial charge in [-0.1, -0.05) is 41.4 Å². The van der Waals surface area contributed by atoms with Crippen molar-refractivity contribution in [2.45, 2.75) is 13.0 Å². The summed E-state index contributed by atoms with van der Waals surface area (Å²) < 4.78 is 11.0. The number of rotatable bonds is 7. The molecule has 8 heteroatoms. The number of ether oxygens (including phenoxy) is 2. The van der Waals surface area contributed by atoms with E-state index in [1.54, 1.807) is 79.7 Å². The van der Waals surface area contributed by atoms with Crippen molar-refractivity contribution in [1.29, 1.82) is 0 Å². The normalized spacial score (nSPS) is 11.7. The Kier molecular flexibility index (Phi) is 7.65. The van der Waals surface area contributed by atoms with Crippen LogP contribution in [0.5, 0.6) is 11.5 Å². The van der Waals surface area contributed by atoms with Crippen LogP contribution in [-0.4, -0.2) is 24.2 Å². The molecule has 0 aliphatic rings. The van der Waals surface area contributed by atoms with E-state index >= 15 is 0 Å². The van der Waals surface area contributed by atoms with Gasteiger partial charge in [-0.3, -0.25) is 4.79 Å². The monoisotopic (exact) mass is 456 g/mol. The van der Waals surface area contributed by atoms with Crippen molar-refractivity contribution < 1.29 is 19.1 Å². The van der Waals surface area contributed by atoms with Crippen LogP contribution in [0.3, 0.4) is 0 Å². The van der Waals surface area contributed by atoms with E-state index in [2.05, 4.69) is 10.5 Å². The number of nitrogens with one attached hydrogen (secondary N) is 1. The van der Waals surface area contributed by atoms with Gasteiger partial charge in [0.2, 0.25) is 0 Å². The van der Waals surface area contributed by atoms with Crippen molar-refractivity contribution in [1.82, 2.24) is 5.43 Å². The average Bonchev–Trinajstić information content (AvgIpc) is 2.75. The van der Waals surface area contributed by atoms with Gasteiger partial charge in [-0.05, 0) is 61.5 Å². The number of nitrogens with zero attached hydrogens (tertiary/aromatic N) is 1. The van der Waals surface area contributed by atoms with Gasteiger partial charge in [0.1, 0.15) is 11.5 Å². The quantitative estimate of drug-likeness (QED) is 0.231. The molecule has 0 radical (unpaired) electrons. The van der Waals surface area contributed by atoms with E-state index in [0.717, 1.165) is 0 Å². The molecule has 0 bridgehead atoms. The zero-order valence-corrected chi connectivity index (χ0v) is 17.9. The second kappa shape index (κ2) is 10.6. The number of amides is 1. The summed E-state index contributed by atoms with van der Waals surface area (Å²) in [6.07, 6.45) is 0.586. The summed E-state index contributed by atoms with van der Waals surface area (Å²) in [5.41, 5.74) is 3.27. The summed E-state index contributed by atoms with van der Waals surface area (Å²) in [5, 5.41) is 4.96. The molecule has 0 fully saturated rings. The second-order valence-corrected chi connectivity index (χ2v) is 7.26. The topological polar surface area (TPSA) is 77.0 Å². The Morgan fingerprint density at radius 1 is 0.968 bits per heavy atom. The molecule has 31 heavy (non-hydrogen) atoms. The van der Waals surface area contributed by atoms with Crippen LogP contribution in [0.25, 0.3) is 0 Å². The largest absolute Gasteiger partial charge is 0.481 e. The molecule has 3 aromatic carbocycles. The highest BCUT2D eigenvalue weighted by Crippen LogP contribution is 2.19. The van der Waals surface area contributed by atoms with Gasteiger partial charge in [0.05, 0.1) is 11.8 Å². The molecule has 3 aromatic rings. The maximum atomic E-state index is 12.3. The maximum Gasteiger partial charge on any atom is 0.343 e. The van der Waals surface area contributed by atoms with Gasteiger partial charge < -0.3 is 9.47 Å². The molecule has 0 unspecified atom stereocenters. The first-order chi connectivity index (χ1) is 14.9. The molecule has 158 valence electrons. The van der Waals surface area contributed by atoms with Crippen molar-refractivity contribution in [3.05, 3.63) is 94.0 Å². The molecule has 0 saturated carbocycles. The van der Waals surface area contributed by atoms with Gasteiger partial charge in [-0.2, -0.15) is 5.10 Å². The summed E-state index contributed by atoms with van der Waals surface area (Å²) in [4.78, 5) is 24.6. The lowest BCUT2D eigenvalue weighted by molar-refractivity contribution is -0.127. The lowest BCUT2D eigenvalue weighted by atomic mass is 10.2. The number of benzene rings is 3. The lowest BCUT2D eigenvalue weighted by Gasteiger charge is -2.13. The van der Waals surface area contributed by atoms with E-state index in [1.165, 1.54) is 6.21 Å². The fraction of sp³-hybridized carbons (Fsp3) is 0.0870. The highest BCUT2D eigenvalue weighted by molar-refractivity contribution is 6.31. The van der Waals surface area contributed by atoms with Crippen LogP contribution in [0.1, 0.15) is 22.8 Å². The number of hydrogen-bond acceptors (Lipinski definition) is 5. The Balaban J connectivity index is 1.61. The number of hydrazone groups is 1. The Morgan fingerprint density at radius 2 is 1.71 bits per heavy atom. The van der Waals surface area contributed by atoms with Gasteiger partial charge in [0.15, 0.2) is 6.10 Å². The third-order valence-corrected chi connectivity index (χ3v) is 4.55. The van der Waals surface area contributed by atoms with Crippen LogP contribution in [0.15, 0.2) is 77.9 Å². The molecule has 1 amide bonds. The standard InChI is InChI=1S/C23H18Cl2N2O4/c1-15(30-20-7-4-6-19(25)13-20)22(28)27-26-14-17-5-2-3-8-21(17)31-23(29)16-9-11-18(24)12-10-16/h2-15H,1H3,(H,27,28)/b26-14-/t15-/m0/s1. The summed E-state index contributed by atoms with van der Waals surface area (Å²) >= 11 is 11.8. The summed E-state index contributed by atoms with van der Waals surface area (Å²) in [6, 6.07) is 19.9. The van der Waals surface area contributed by atoms with Gasteiger partial charge in [-0.15, -0.1) is 0 Å². The second-order valence-electron chi connectivity index (χ2n) is 6.39. The Bertz CT molecular complexity index is 1100. The number of esters is 1. The predicted octanol–water partition coefficient (Wildman–Crippen LogP) is 5.13. The smallest absolute Gasteiger partial charge is 0.343 e. The molecule has 0 aliphatic heterocycles. The SMILES string of the molecule is C[C@H](Oc1cccc(Cl)c1)C(=O)N/N=C\c1ccccc1OC(=O)c1ccc(Cl)cc1. The Hall–Kier alpha value is -3.35. The summed E-state index contributed by atoms with van der Waals surface area (Å²) in [6.45, 7) is 1.59. The van der Waals surface area contributed by atoms with E-state index in [-0.39, 0.29) is 0 Å². The number of hydrogen-bond donors (Lipinski definition) is 1. The van der Waals surface area contributed by atoms with Crippen LogP contribution < -0.4 is 14.9 Å². The summed E-state index contributed by atoms with van der Waals surface area (Å²) in [5.74, 6) is -0.223. The van der Waals surface area contributed by atoms with Crippen LogP contribution in [0.2, 0.25) is 10.0 Å². The number of para-hydroxylation sites is 1. The summed E-state index contributed by atoms with van der Waals surface area (Å²) in [7, 11) is 0. The van der Waals surface area contributed by atoms with E-state index in [4.69, 9.17) is 32.7 Å². The van der Waals surface area contributed by atoms with Crippen molar-refractivity contribution in [2.75, 3.05) is 0 Å². The zero-order valence-electron chi connectivity index (χ0n) is 16.4. The number of halogens is 2. The van der Waals surface area contributed by atoms with Crippen molar-refractivity contribution >= 4 is 41.3 Å². The highest BCUT2D eigenvalue weighted by atomic mass is 35.5. The fourth-order valence-electron chi connectivity index (χ4n) is 2.48.